The second kappa shape index (κ2) is 11.6. The van der Waals surface area contributed by atoms with Gasteiger partial charge in [-0.2, -0.15) is 0 Å². The summed E-state index contributed by atoms with van der Waals surface area (Å²) in [7, 11) is -13.0. The second-order valence-corrected chi connectivity index (χ2v) is 22.7. The molecule has 0 saturated carbocycles. The molecule has 53 heavy (non-hydrogen) atoms. The first-order chi connectivity index (χ1) is 24.3. The first kappa shape index (κ1) is 39.5. The van der Waals surface area contributed by atoms with Crippen LogP contribution in [0.2, 0.25) is 0 Å². The summed E-state index contributed by atoms with van der Waals surface area (Å²) in [4.78, 5) is 0. The Morgan fingerprint density at radius 2 is 0.698 bits per heavy atom. The molecule has 4 aromatic rings. The summed E-state index contributed by atoms with van der Waals surface area (Å²) in [5, 5.41) is -2.52. The maximum absolute atomic E-state index is 15.5. The molecule has 2 heterocycles. The topological polar surface area (TPSA) is 27.7 Å². The molecule has 2 aliphatic rings. The van der Waals surface area contributed by atoms with Crippen molar-refractivity contribution in [1.82, 2.24) is 0 Å². The van der Waals surface area contributed by atoms with E-state index in [1.54, 1.807) is 0 Å². The van der Waals surface area contributed by atoms with Gasteiger partial charge in [-0.05, 0) is 0 Å². The van der Waals surface area contributed by atoms with Crippen molar-refractivity contribution in [2.45, 2.75) is 74.9 Å². The Bertz CT molecular complexity index is 1860. The zero-order valence-electron chi connectivity index (χ0n) is 28.2. The molecule has 0 N–H and O–H groups in total. The zero-order valence-corrected chi connectivity index (χ0v) is 30.0. The van der Waals surface area contributed by atoms with Crippen molar-refractivity contribution in [3.05, 3.63) is 120 Å². The van der Waals surface area contributed by atoms with Crippen molar-refractivity contribution < 1.29 is 66.0 Å². The summed E-state index contributed by atoms with van der Waals surface area (Å²) in [6.07, 6.45) is -25.2. The molecule has 4 aromatic carbocycles. The van der Waals surface area contributed by atoms with Crippen LogP contribution in [0.5, 0.6) is 0 Å². The third-order valence-corrected chi connectivity index (χ3v) is 23.2. The number of rotatable bonds is 6. The quantitative estimate of drug-likeness (QED) is 0.144. The predicted molar refractivity (Wildman–Crippen MR) is 179 cm³/mol. The van der Waals surface area contributed by atoms with Crippen molar-refractivity contribution in [2.75, 3.05) is 0 Å². The average molecular weight is 803 g/mol. The fourth-order valence-electron chi connectivity index (χ4n) is 8.05. The molecular weight excluding hydrogens is 770 g/mol. The van der Waals surface area contributed by atoms with Gasteiger partial charge >= 0.3 is 297 Å². The number of fused-ring (bicyclic) bond motifs is 2. The molecule has 0 unspecified atom stereocenters. The van der Waals surface area contributed by atoms with Crippen LogP contribution in [-0.4, -0.2) is 36.0 Å². The predicted octanol–water partition coefficient (Wildman–Crippen LogP) is 10.6. The van der Waals surface area contributed by atoms with Crippen LogP contribution in [0.1, 0.15) is 38.8 Å². The van der Waals surface area contributed by atoms with Gasteiger partial charge in [-0.3, -0.25) is 0 Å². The minimum atomic E-state index is -6.51. The fraction of sp³-hybridized carbons (Fsp3) is 0.333. The van der Waals surface area contributed by atoms with Gasteiger partial charge in [0.1, 0.15) is 0 Å². The molecule has 0 atom stereocenters. The Kier molecular flexibility index (Phi) is 8.67. The van der Waals surface area contributed by atoms with E-state index in [0.717, 1.165) is 60.7 Å². The number of benzene rings is 4. The SMILES string of the molecule is CC(C)P1(OP2(c3ccccc3)(C(C)C)OC(C(F)(F)F)(C(F)(F)F)c3ccccc32)(c2ccccc2)OC(C(F)(F)F)(C(F)(F)F)c2ccccc21. The van der Waals surface area contributed by atoms with Gasteiger partial charge in [0.05, 0.1) is 0 Å². The van der Waals surface area contributed by atoms with Crippen LogP contribution in [0, 0.1) is 0 Å². The van der Waals surface area contributed by atoms with Crippen LogP contribution in [0.4, 0.5) is 52.7 Å². The van der Waals surface area contributed by atoms with E-state index < -0.39 is 93.7 Å². The molecule has 2 aliphatic heterocycles. The molecule has 17 heteroatoms. The van der Waals surface area contributed by atoms with Gasteiger partial charge in [0.15, 0.2) is 0 Å². The number of halogens is 12. The first-order valence-electron chi connectivity index (χ1n) is 16.1. The van der Waals surface area contributed by atoms with Gasteiger partial charge in [0.2, 0.25) is 0 Å². The van der Waals surface area contributed by atoms with Crippen molar-refractivity contribution in [3.63, 3.8) is 0 Å². The molecule has 288 valence electrons. The van der Waals surface area contributed by atoms with Crippen molar-refractivity contribution in [2.24, 2.45) is 0 Å². The summed E-state index contributed by atoms with van der Waals surface area (Å²) >= 11 is 0. The van der Waals surface area contributed by atoms with Crippen LogP contribution >= 0.6 is 14.1 Å². The Labute approximate surface area is 296 Å². The number of alkyl halides is 12. The van der Waals surface area contributed by atoms with E-state index >= 15 is 52.7 Å². The van der Waals surface area contributed by atoms with Crippen LogP contribution in [-0.2, 0) is 24.6 Å². The molecule has 0 amide bonds. The Balaban J connectivity index is 1.96. The van der Waals surface area contributed by atoms with Gasteiger partial charge < -0.3 is 0 Å². The van der Waals surface area contributed by atoms with Gasteiger partial charge in [0.25, 0.3) is 0 Å². The zero-order chi connectivity index (χ0) is 39.4. The van der Waals surface area contributed by atoms with Gasteiger partial charge in [0, 0.05) is 0 Å². The molecule has 3 nitrogen and oxygen atoms in total. The first-order valence-corrected chi connectivity index (χ1v) is 20.4. The minimum absolute atomic E-state index is 0.450. The summed E-state index contributed by atoms with van der Waals surface area (Å²) < 4.78 is 205. The molecular formula is C36H32F12O3P2. The maximum atomic E-state index is 15.5. The molecule has 0 spiro atoms. The molecule has 0 fully saturated rings. The summed E-state index contributed by atoms with van der Waals surface area (Å²) in [5.74, 6) is 0. The Morgan fingerprint density at radius 3 is 0.962 bits per heavy atom. The van der Waals surface area contributed by atoms with E-state index in [2.05, 4.69) is 0 Å². The van der Waals surface area contributed by atoms with E-state index in [4.69, 9.17) is 13.4 Å². The molecule has 0 radical (unpaired) electrons. The number of hydrogen-bond acceptors (Lipinski definition) is 3. The van der Waals surface area contributed by atoms with E-state index in [-0.39, 0.29) is 0 Å². The molecule has 0 aliphatic carbocycles. The molecule has 0 saturated heterocycles. The van der Waals surface area contributed by atoms with Crippen molar-refractivity contribution in [3.8, 4) is 0 Å². The fourth-order valence-corrected chi connectivity index (χ4v) is 22.8. The monoisotopic (exact) mass is 802 g/mol. The number of hydrogen-bond donors (Lipinski definition) is 0. The van der Waals surface area contributed by atoms with Crippen LogP contribution in [0.3, 0.4) is 0 Å². The summed E-state index contributed by atoms with van der Waals surface area (Å²) in [6, 6.07) is 19.1. The van der Waals surface area contributed by atoms with E-state index in [0.29, 0.717) is 12.1 Å². The van der Waals surface area contributed by atoms with E-state index in [9.17, 15) is 0 Å². The standard InChI is InChI=1S/C36H32F12O3P2/c1-23(2)52(25-15-7-5-8-16-25,29-21-13-11-19-27(29)31(49-52,33(37,38)39)34(40,41)42)51-53(24(3)4,26-17-9-6-10-18-26)30-22-14-12-20-28(30)32(50-53,35(43,44)45)36(46,47)48/h5-24H,1-4H3. The molecule has 6 rings (SSSR count). The van der Waals surface area contributed by atoms with Gasteiger partial charge in [-0.25, -0.2) is 0 Å². The van der Waals surface area contributed by atoms with Crippen LogP contribution in [0.15, 0.2) is 109 Å². The van der Waals surface area contributed by atoms with E-state index in [1.165, 1.54) is 64.1 Å². The normalized spacial score (nSPS) is 22.6. The van der Waals surface area contributed by atoms with Gasteiger partial charge in [-0.15, -0.1) is 0 Å². The molecule has 0 aromatic heterocycles. The third kappa shape index (κ3) is 4.57. The average Bonchev–Trinajstić information content (AvgIpc) is 3.54. The van der Waals surface area contributed by atoms with Gasteiger partial charge in [-0.1, -0.05) is 0 Å². The van der Waals surface area contributed by atoms with E-state index in [1.807, 2.05) is 0 Å². The van der Waals surface area contributed by atoms with Crippen LogP contribution in [0.25, 0.3) is 0 Å². The Morgan fingerprint density at radius 1 is 0.434 bits per heavy atom. The second-order valence-electron chi connectivity index (χ2n) is 13.6. The summed E-state index contributed by atoms with van der Waals surface area (Å²) in [6.45, 7) is 4.69. The van der Waals surface area contributed by atoms with Crippen LogP contribution < -0.4 is 21.2 Å². The summed E-state index contributed by atoms with van der Waals surface area (Å²) in [5.41, 5.74) is -16.5. The third-order valence-electron chi connectivity index (χ3n) is 10.4. The van der Waals surface area contributed by atoms with Crippen molar-refractivity contribution in [1.29, 1.82) is 0 Å². The Hall–Kier alpha value is -3.22. The molecule has 0 bridgehead atoms. The van der Waals surface area contributed by atoms with Crippen molar-refractivity contribution >= 4 is 35.3 Å².